The Morgan fingerprint density at radius 1 is 1.06 bits per heavy atom. The molecule has 8 heteroatoms. The normalized spacial score (nSPS) is 15.2. The summed E-state index contributed by atoms with van der Waals surface area (Å²) in [5.74, 6) is -0.637. The van der Waals surface area contributed by atoms with E-state index in [1.165, 1.54) is 18.6 Å². The Balaban J connectivity index is 1.67. The fourth-order valence-corrected chi connectivity index (χ4v) is 5.43. The van der Waals surface area contributed by atoms with Gasteiger partial charge in [0.1, 0.15) is 6.04 Å². The van der Waals surface area contributed by atoms with Gasteiger partial charge in [-0.15, -0.1) is 0 Å². The summed E-state index contributed by atoms with van der Waals surface area (Å²) in [6.07, 6.45) is 2.18. The lowest BCUT2D eigenvalue weighted by atomic mass is 10.0. The van der Waals surface area contributed by atoms with Crippen molar-refractivity contribution in [2.45, 2.75) is 63.9 Å². The van der Waals surface area contributed by atoms with Crippen LogP contribution in [0.1, 0.15) is 45.2 Å². The molecule has 178 valence electrons. The fraction of sp³-hybridized carbons (Fsp3) is 0.440. The van der Waals surface area contributed by atoms with Gasteiger partial charge in [0.2, 0.25) is 21.8 Å². The fourth-order valence-electron chi connectivity index (χ4n) is 4.03. The molecule has 0 saturated carbocycles. The number of fused-ring (bicyclic) bond motifs is 1. The van der Waals surface area contributed by atoms with Crippen LogP contribution in [0.2, 0.25) is 0 Å². The molecular weight excluding hydrogens is 438 g/mol. The van der Waals surface area contributed by atoms with Crippen molar-refractivity contribution in [3.63, 3.8) is 0 Å². The molecule has 2 amide bonds. The largest absolute Gasteiger partial charge is 0.352 e. The second-order valence-corrected chi connectivity index (χ2v) is 10.7. The third kappa shape index (κ3) is 6.21. The van der Waals surface area contributed by atoms with Crippen LogP contribution in [0, 0.1) is 5.92 Å². The van der Waals surface area contributed by atoms with Crippen LogP contribution in [0.5, 0.6) is 0 Å². The van der Waals surface area contributed by atoms with E-state index in [1.54, 1.807) is 17.0 Å². The monoisotopic (exact) mass is 471 g/mol. The molecule has 7 nitrogen and oxygen atoms in total. The van der Waals surface area contributed by atoms with E-state index in [-0.39, 0.29) is 28.7 Å². The quantitative estimate of drug-likeness (QED) is 0.588. The van der Waals surface area contributed by atoms with Gasteiger partial charge in [0, 0.05) is 25.2 Å². The number of sulfonamides is 1. The Morgan fingerprint density at radius 3 is 2.39 bits per heavy atom. The van der Waals surface area contributed by atoms with Crippen molar-refractivity contribution in [1.82, 2.24) is 10.0 Å². The van der Waals surface area contributed by atoms with E-state index in [1.807, 2.05) is 51.1 Å². The summed E-state index contributed by atoms with van der Waals surface area (Å²) in [5, 5.41) is 2.96. The average Bonchev–Trinajstić information content (AvgIpc) is 3.20. The van der Waals surface area contributed by atoms with Gasteiger partial charge >= 0.3 is 0 Å². The van der Waals surface area contributed by atoms with Gasteiger partial charge in [-0.1, -0.05) is 44.2 Å². The van der Waals surface area contributed by atoms with Gasteiger partial charge in [0.25, 0.3) is 0 Å². The molecule has 33 heavy (non-hydrogen) atoms. The van der Waals surface area contributed by atoms with E-state index in [2.05, 4.69) is 10.0 Å². The van der Waals surface area contributed by atoms with E-state index < -0.39 is 16.1 Å². The number of anilines is 1. The van der Waals surface area contributed by atoms with E-state index in [4.69, 9.17) is 0 Å². The predicted molar refractivity (Wildman–Crippen MR) is 129 cm³/mol. The number of nitrogens with zero attached hydrogens (tertiary/aromatic N) is 1. The summed E-state index contributed by atoms with van der Waals surface area (Å²) in [7, 11) is -3.91. The first kappa shape index (κ1) is 24.9. The maximum absolute atomic E-state index is 13.1. The van der Waals surface area contributed by atoms with Gasteiger partial charge in [-0.25, -0.2) is 8.42 Å². The zero-order valence-electron chi connectivity index (χ0n) is 19.7. The summed E-state index contributed by atoms with van der Waals surface area (Å²) in [4.78, 5) is 26.4. The number of carbonyl (C=O) groups excluding carboxylic acids is 2. The van der Waals surface area contributed by atoms with Crippen molar-refractivity contribution >= 4 is 27.5 Å². The van der Waals surface area contributed by atoms with Crippen molar-refractivity contribution < 1.29 is 18.0 Å². The van der Waals surface area contributed by atoms with E-state index >= 15 is 0 Å². The second kappa shape index (κ2) is 10.5. The topological polar surface area (TPSA) is 95.6 Å². The minimum absolute atomic E-state index is 0.0691. The summed E-state index contributed by atoms with van der Waals surface area (Å²) in [6, 6.07) is 13.8. The first-order valence-electron chi connectivity index (χ1n) is 11.4. The lowest BCUT2D eigenvalue weighted by Gasteiger charge is -2.24. The molecule has 3 rings (SSSR count). The molecule has 2 aromatic rings. The smallest absolute Gasteiger partial charge is 0.241 e. The molecule has 2 aromatic carbocycles. The highest BCUT2D eigenvalue weighted by molar-refractivity contribution is 7.89. The molecule has 0 radical (unpaired) electrons. The summed E-state index contributed by atoms with van der Waals surface area (Å²) >= 11 is 0. The summed E-state index contributed by atoms with van der Waals surface area (Å²) in [6.45, 7) is 7.59. The van der Waals surface area contributed by atoms with Crippen LogP contribution in [0.4, 0.5) is 5.69 Å². The molecule has 0 fully saturated rings. The molecule has 0 aromatic heterocycles. The van der Waals surface area contributed by atoms with Gasteiger partial charge in [-0.05, 0) is 61.4 Å². The number of hydrogen-bond donors (Lipinski definition) is 2. The summed E-state index contributed by atoms with van der Waals surface area (Å²) < 4.78 is 28.8. The third-order valence-electron chi connectivity index (χ3n) is 5.97. The number of hydrogen-bond acceptors (Lipinski definition) is 4. The van der Waals surface area contributed by atoms with Crippen molar-refractivity contribution in [2.75, 3.05) is 11.4 Å². The van der Waals surface area contributed by atoms with Crippen LogP contribution in [-0.4, -0.2) is 38.9 Å². The van der Waals surface area contributed by atoms with E-state index in [0.717, 1.165) is 24.1 Å². The van der Waals surface area contributed by atoms with Gasteiger partial charge in [0.15, 0.2) is 0 Å². The lowest BCUT2D eigenvalue weighted by Crippen LogP contribution is -2.51. The minimum Gasteiger partial charge on any atom is -0.352 e. The van der Waals surface area contributed by atoms with Crippen molar-refractivity contribution in [1.29, 1.82) is 0 Å². The van der Waals surface area contributed by atoms with Gasteiger partial charge in [-0.2, -0.15) is 4.72 Å². The molecule has 0 bridgehead atoms. The molecule has 1 aliphatic rings. The van der Waals surface area contributed by atoms with Gasteiger partial charge in [-0.3, -0.25) is 9.59 Å². The third-order valence-corrected chi connectivity index (χ3v) is 7.40. The van der Waals surface area contributed by atoms with E-state index in [0.29, 0.717) is 13.0 Å². The molecule has 1 heterocycles. The van der Waals surface area contributed by atoms with E-state index in [9.17, 15) is 18.0 Å². The number of rotatable bonds is 9. The van der Waals surface area contributed by atoms with Crippen molar-refractivity contribution in [2.24, 2.45) is 5.92 Å². The highest BCUT2D eigenvalue weighted by Crippen LogP contribution is 2.30. The van der Waals surface area contributed by atoms with Gasteiger partial charge in [0.05, 0.1) is 4.90 Å². The zero-order valence-corrected chi connectivity index (χ0v) is 20.5. The van der Waals surface area contributed by atoms with Crippen LogP contribution >= 0.6 is 0 Å². The second-order valence-electron chi connectivity index (χ2n) is 8.99. The molecule has 2 atom stereocenters. The Labute approximate surface area is 196 Å². The first-order chi connectivity index (χ1) is 15.6. The number of nitrogens with one attached hydrogen (secondary N) is 2. The van der Waals surface area contributed by atoms with Crippen molar-refractivity contribution in [3.05, 3.63) is 59.7 Å². The zero-order chi connectivity index (χ0) is 24.2. The molecule has 2 N–H and O–H groups in total. The predicted octanol–water partition coefficient (Wildman–Crippen LogP) is 3.04. The van der Waals surface area contributed by atoms with Crippen LogP contribution in [-0.2, 0) is 32.5 Å². The van der Waals surface area contributed by atoms with Crippen LogP contribution in [0.3, 0.4) is 0 Å². The number of aryl methyl sites for hydroxylation is 1. The Kier molecular flexibility index (Phi) is 7.92. The van der Waals surface area contributed by atoms with Gasteiger partial charge < -0.3 is 10.2 Å². The van der Waals surface area contributed by atoms with Crippen molar-refractivity contribution in [3.8, 4) is 0 Å². The number of benzene rings is 2. The first-order valence-corrected chi connectivity index (χ1v) is 12.8. The lowest BCUT2D eigenvalue weighted by molar-refractivity contribution is -0.124. The van der Waals surface area contributed by atoms with Crippen LogP contribution < -0.4 is 14.9 Å². The molecule has 0 saturated heterocycles. The average molecular weight is 472 g/mol. The maximum atomic E-state index is 13.1. The molecule has 1 aliphatic heterocycles. The summed E-state index contributed by atoms with van der Waals surface area (Å²) in [5.41, 5.74) is 2.75. The van der Waals surface area contributed by atoms with Crippen LogP contribution in [0.15, 0.2) is 53.4 Å². The molecule has 0 aliphatic carbocycles. The highest BCUT2D eigenvalue weighted by atomic mass is 32.2. The minimum atomic E-state index is -3.91. The Bertz CT molecular complexity index is 1100. The molecular formula is C25H33N3O4S. The number of carbonyl (C=O) groups is 2. The van der Waals surface area contributed by atoms with Crippen LogP contribution in [0.25, 0.3) is 0 Å². The number of amides is 2. The molecule has 0 unspecified atom stereocenters. The Morgan fingerprint density at radius 2 is 1.76 bits per heavy atom. The Hall–Kier alpha value is -2.71. The molecule has 0 spiro atoms. The standard InChI is InChI=1S/C25H33N3O4S/c1-17(2)24(25(30)26-18(3)10-11-20-8-6-5-7-9-20)27-33(31,32)22-12-13-23-21(16-22)14-15-28(23)19(4)29/h5-9,12-13,16-18,24,27H,10-11,14-15H2,1-4H3,(H,26,30)/t18-,24-/m0/s1. The SMILES string of the molecule is CC(=O)N1CCc2cc(S(=O)(=O)N[C@H](C(=O)N[C@@H](C)CCc3ccccc3)C(C)C)ccc21. The highest BCUT2D eigenvalue weighted by Gasteiger charge is 2.30. The maximum Gasteiger partial charge on any atom is 0.241 e.